The van der Waals surface area contributed by atoms with Gasteiger partial charge in [-0.3, -0.25) is 14.5 Å². The molecule has 0 aliphatic carbocycles. The van der Waals surface area contributed by atoms with E-state index >= 15 is 0 Å². The lowest BCUT2D eigenvalue weighted by atomic mass is 10.1. The van der Waals surface area contributed by atoms with Gasteiger partial charge in [0.2, 0.25) is 11.8 Å². The third-order valence-corrected chi connectivity index (χ3v) is 4.31. The minimum absolute atomic E-state index is 0.00156. The Balaban J connectivity index is 1.76. The van der Waals surface area contributed by atoms with E-state index in [-0.39, 0.29) is 17.7 Å². The van der Waals surface area contributed by atoms with Crippen molar-refractivity contribution in [3.63, 3.8) is 0 Å². The van der Waals surface area contributed by atoms with E-state index < -0.39 is 0 Å². The molecule has 1 aliphatic heterocycles. The van der Waals surface area contributed by atoms with Gasteiger partial charge in [0.25, 0.3) is 0 Å². The highest BCUT2D eigenvalue weighted by molar-refractivity contribution is 5.92. The predicted octanol–water partition coefficient (Wildman–Crippen LogP) is 0.967. The smallest absolute Gasteiger partial charge is 0.238 e. The Bertz CT molecular complexity index is 547. The molecule has 2 amide bonds. The van der Waals surface area contributed by atoms with Gasteiger partial charge in [0.15, 0.2) is 0 Å². The molecule has 1 fully saturated rings. The van der Waals surface area contributed by atoms with Crippen LogP contribution in [0.15, 0.2) is 30.3 Å². The number of benzene rings is 1. The molecular weight excluding hydrogens is 304 g/mol. The van der Waals surface area contributed by atoms with Crippen molar-refractivity contribution in [1.29, 1.82) is 0 Å². The van der Waals surface area contributed by atoms with E-state index in [9.17, 15) is 9.59 Å². The Hall–Kier alpha value is -1.92. The molecule has 1 aliphatic rings. The Kier molecular flexibility index (Phi) is 6.75. The summed E-state index contributed by atoms with van der Waals surface area (Å²) in [5.74, 6) is 0.153. The van der Waals surface area contributed by atoms with Gasteiger partial charge in [-0.1, -0.05) is 18.2 Å². The van der Waals surface area contributed by atoms with Crippen LogP contribution in [0.3, 0.4) is 0 Å². The lowest BCUT2D eigenvalue weighted by Gasteiger charge is -2.23. The maximum Gasteiger partial charge on any atom is 0.238 e. The second-order valence-electron chi connectivity index (χ2n) is 6.70. The minimum atomic E-state index is -0.0322. The highest BCUT2D eigenvalue weighted by Gasteiger charge is 2.30. The highest BCUT2D eigenvalue weighted by atomic mass is 16.2. The van der Waals surface area contributed by atoms with E-state index in [1.165, 1.54) is 0 Å². The second-order valence-corrected chi connectivity index (χ2v) is 6.70. The largest absolute Gasteiger partial charge is 0.344 e. The number of hydrogen-bond acceptors (Lipinski definition) is 4. The molecule has 1 heterocycles. The van der Waals surface area contributed by atoms with Gasteiger partial charge in [0.1, 0.15) is 0 Å². The fourth-order valence-electron chi connectivity index (χ4n) is 2.87. The molecule has 1 aromatic rings. The van der Waals surface area contributed by atoms with Gasteiger partial charge in [-0.05, 0) is 39.2 Å². The summed E-state index contributed by atoms with van der Waals surface area (Å²) in [4.78, 5) is 30.5. The zero-order chi connectivity index (χ0) is 17.5. The van der Waals surface area contributed by atoms with Gasteiger partial charge in [-0.15, -0.1) is 0 Å². The molecule has 0 spiro atoms. The van der Waals surface area contributed by atoms with Gasteiger partial charge in [0, 0.05) is 32.4 Å². The van der Waals surface area contributed by atoms with E-state index in [2.05, 4.69) is 15.1 Å². The monoisotopic (exact) mass is 332 g/mol. The number of rotatable bonds is 7. The van der Waals surface area contributed by atoms with Crippen LogP contribution in [-0.2, 0) is 9.59 Å². The summed E-state index contributed by atoms with van der Waals surface area (Å²) in [5, 5.41) is 2.89. The average molecular weight is 332 g/mol. The van der Waals surface area contributed by atoms with Crippen molar-refractivity contribution in [2.24, 2.45) is 5.92 Å². The second kappa shape index (κ2) is 8.80. The van der Waals surface area contributed by atoms with Crippen molar-refractivity contribution >= 4 is 17.5 Å². The van der Waals surface area contributed by atoms with E-state index in [1.807, 2.05) is 51.5 Å². The Morgan fingerprint density at radius 1 is 1.17 bits per heavy atom. The number of anilines is 1. The van der Waals surface area contributed by atoms with Gasteiger partial charge in [-0.2, -0.15) is 0 Å². The van der Waals surface area contributed by atoms with E-state index in [4.69, 9.17) is 0 Å². The van der Waals surface area contributed by atoms with Gasteiger partial charge < -0.3 is 15.1 Å². The number of para-hydroxylation sites is 1. The molecule has 6 nitrogen and oxygen atoms in total. The van der Waals surface area contributed by atoms with Crippen LogP contribution in [0.25, 0.3) is 0 Å². The quantitative estimate of drug-likeness (QED) is 0.808. The lowest BCUT2D eigenvalue weighted by Crippen LogP contribution is -2.39. The predicted molar refractivity (Wildman–Crippen MR) is 95.8 cm³/mol. The zero-order valence-electron chi connectivity index (χ0n) is 14.9. The van der Waals surface area contributed by atoms with E-state index in [1.54, 1.807) is 4.90 Å². The number of nitrogens with one attached hydrogen (secondary N) is 1. The molecule has 1 atom stereocenters. The maximum atomic E-state index is 12.5. The van der Waals surface area contributed by atoms with E-state index in [0.717, 1.165) is 31.7 Å². The van der Waals surface area contributed by atoms with Crippen molar-refractivity contribution in [2.45, 2.75) is 6.42 Å². The molecule has 0 bridgehead atoms. The van der Waals surface area contributed by atoms with Crippen LogP contribution >= 0.6 is 0 Å². The molecule has 1 saturated heterocycles. The third kappa shape index (κ3) is 5.62. The molecule has 1 aromatic carbocycles. The summed E-state index contributed by atoms with van der Waals surface area (Å²) in [6.07, 6.45) is 0.823. The fraction of sp³-hybridized carbons (Fsp3) is 0.556. The van der Waals surface area contributed by atoms with Crippen molar-refractivity contribution in [2.75, 3.05) is 59.2 Å². The van der Waals surface area contributed by atoms with Crippen LogP contribution in [0, 0.1) is 5.92 Å². The number of carbonyl (C=O) groups is 2. The summed E-state index contributed by atoms with van der Waals surface area (Å²) in [6.45, 7) is 3.38. The first-order valence-electron chi connectivity index (χ1n) is 8.42. The number of likely N-dealkylation sites (tertiary alicyclic amines) is 1. The summed E-state index contributed by atoms with van der Waals surface area (Å²) < 4.78 is 0. The lowest BCUT2D eigenvalue weighted by molar-refractivity contribution is -0.134. The molecule has 1 N–H and O–H groups in total. The van der Waals surface area contributed by atoms with E-state index in [0.29, 0.717) is 13.1 Å². The molecule has 1 unspecified atom stereocenters. The molecule has 0 aromatic heterocycles. The summed E-state index contributed by atoms with van der Waals surface area (Å²) in [7, 11) is 5.86. The first kappa shape index (κ1) is 18.4. The number of likely N-dealkylation sites (N-methyl/N-ethyl adjacent to an activating group) is 2. The molecule has 132 valence electrons. The molecule has 24 heavy (non-hydrogen) atoms. The topological polar surface area (TPSA) is 55.9 Å². The van der Waals surface area contributed by atoms with Crippen LogP contribution in [-0.4, -0.2) is 80.4 Å². The number of carbonyl (C=O) groups excluding carboxylic acids is 2. The molecule has 2 rings (SSSR count). The van der Waals surface area contributed by atoms with Crippen molar-refractivity contribution in [1.82, 2.24) is 14.7 Å². The average Bonchev–Trinajstić information content (AvgIpc) is 3.01. The van der Waals surface area contributed by atoms with Crippen molar-refractivity contribution in [3.05, 3.63) is 30.3 Å². The minimum Gasteiger partial charge on any atom is -0.344 e. The van der Waals surface area contributed by atoms with Gasteiger partial charge >= 0.3 is 0 Å². The van der Waals surface area contributed by atoms with Crippen molar-refractivity contribution in [3.8, 4) is 0 Å². The van der Waals surface area contributed by atoms with Gasteiger partial charge in [0.05, 0.1) is 12.5 Å². The Morgan fingerprint density at radius 3 is 2.54 bits per heavy atom. The summed E-state index contributed by atoms with van der Waals surface area (Å²) in [6, 6.07) is 9.44. The van der Waals surface area contributed by atoms with Crippen molar-refractivity contribution < 1.29 is 9.59 Å². The third-order valence-electron chi connectivity index (χ3n) is 4.31. The zero-order valence-corrected chi connectivity index (χ0v) is 14.9. The maximum absolute atomic E-state index is 12.5. The van der Waals surface area contributed by atoms with Crippen LogP contribution < -0.4 is 5.32 Å². The SMILES string of the molecule is CN(C)CCN(C)C(=O)C1CCN(CC(=O)Nc2ccccc2)C1. The molecule has 6 heteroatoms. The Morgan fingerprint density at radius 2 is 1.88 bits per heavy atom. The number of nitrogens with zero attached hydrogens (tertiary/aromatic N) is 3. The first-order valence-corrected chi connectivity index (χ1v) is 8.42. The van der Waals surface area contributed by atoms with Crippen LogP contribution in [0.4, 0.5) is 5.69 Å². The normalized spacial score (nSPS) is 17.9. The molecule has 0 radical (unpaired) electrons. The highest BCUT2D eigenvalue weighted by Crippen LogP contribution is 2.18. The first-order chi connectivity index (χ1) is 11.5. The molecule has 0 saturated carbocycles. The standard InChI is InChI=1S/C18H28N4O2/c1-20(2)11-12-21(3)18(24)15-9-10-22(13-15)14-17(23)19-16-7-5-4-6-8-16/h4-8,15H,9-14H2,1-3H3,(H,19,23). The summed E-state index contributed by atoms with van der Waals surface area (Å²) >= 11 is 0. The summed E-state index contributed by atoms with van der Waals surface area (Å²) in [5.41, 5.74) is 0.803. The number of hydrogen-bond donors (Lipinski definition) is 1. The van der Waals surface area contributed by atoms with Crippen LogP contribution in [0.2, 0.25) is 0 Å². The van der Waals surface area contributed by atoms with Gasteiger partial charge in [-0.25, -0.2) is 0 Å². The molecular formula is C18H28N4O2. The fourth-order valence-corrected chi connectivity index (χ4v) is 2.87. The number of amides is 2. The van der Waals surface area contributed by atoms with Crippen LogP contribution in [0.5, 0.6) is 0 Å². The Labute approximate surface area is 144 Å². The van der Waals surface area contributed by atoms with Crippen LogP contribution in [0.1, 0.15) is 6.42 Å².